The molecule has 16 heavy (non-hydrogen) atoms. The summed E-state index contributed by atoms with van der Waals surface area (Å²) < 4.78 is 0. The molecule has 1 aromatic rings. The van der Waals surface area contributed by atoms with Crippen molar-refractivity contribution in [3.05, 3.63) is 33.8 Å². The van der Waals surface area contributed by atoms with E-state index in [0.717, 1.165) is 24.9 Å². The van der Waals surface area contributed by atoms with Crippen LogP contribution in [-0.4, -0.2) is 25.3 Å². The van der Waals surface area contributed by atoms with Crippen LogP contribution in [0.4, 0.5) is 0 Å². The molecule has 2 nitrogen and oxygen atoms in total. The van der Waals surface area contributed by atoms with Crippen molar-refractivity contribution in [3.8, 4) is 0 Å². The van der Waals surface area contributed by atoms with Crippen molar-refractivity contribution in [2.24, 2.45) is 0 Å². The van der Waals surface area contributed by atoms with Crippen LogP contribution < -0.4 is 5.32 Å². The Balaban J connectivity index is 2.78. The van der Waals surface area contributed by atoms with Crippen LogP contribution in [0.2, 0.25) is 10.0 Å². The Morgan fingerprint density at radius 1 is 1.31 bits per heavy atom. The van der Waals surface area contributed by atoms with E-state index in [1.807, 2.05) is 25.2 Å². The molecule has 1 unspecified atom stereocenters. The maximum atomic E-state index is 8.86. The number of rotatable bonds is 6. The molecule has 2 N–H and O–H groups in total. The van der Waals surface area contributed by atoms with Crippen LogP contribution in [0.5, 0.6) is 0 Å². The van der Waals surface area contributed by atoms with Crippen LogP contribution in [0, 0.1) is 0 Å². The molecular weight excluding hydrogens is 245 g/mol. The van der Waals surface area contributed by atoms with Gasteiger partial charge >= 0.3 is 0 Å². The van der Waals surface area contributed by atoms with E-state index in [9.17, 15) is 0 Å². The number of benzene rings is 1. The summed E-state index contributed by atoms with van der Waals surface area (Å²) in [7, 11) is 1.92. The number of likely N-dealkylation sites (N-methyl/N-ethyl adjacent to an activating group) is 1. The Morgan fingerprint density at radius 2 is 2.06 bits per heavy atom. The van der Waals surface area contributed by atoms with Gasteiger partial charge in [-0.15, -0.1) is 0 Å². The van der Waals surface area contributed by atoms with Crippen molar-refractivity contribution in [1.82, 2.24) is 5.32 Å². The van der Waals surface area contributed by atoms with Gasteiger partial charge in [0.25, 0.3) is 0 Å². The average molecular weight is 262 g/mol. The number of aliphatic hydroxyl groups excluding tert-OH is 1. The summed E-state index contributed by atoms with van der Waals surface area (Å²) in [5.74, 6) is 0.368. The smallest absolute Gasteiger partial charge is 0.0595 e. The summed E-state index contributed by atoms with van der Waals surface area (Å²) in [5, 5.41) is 13.2. The highest BCUT2D eigenvalue weighted by Gasteiger charge is 2.11. The lowest BCUT2D eigenvalue weighted by atomic mass is 9.94. The van der Waals surface area contributed by atoms with Crippen molar-refractivity contribution >= 4 is 23.2 Å². The highest BCUT2D eigenvalue weighted by atomic mass is 35.5. The minimum atomic E-state index is 0.224. The molecule has 0 amide bonds. The van der Waals surface area contributed by atoms with Crippen LogP contribution in [0.25, 0.3) is 0 Å². The Morgan fingerprint density at radius 3 is 2.62 bits per heavy atom. The number of hydrogen-bond donors (Lipinski definition) is 2. The SMILES string of the molecule is CNCC(CCCO)c1ccc(Cl)c(Cl)c1. The quantitative estimate of drug-likeness (QED) is 0.825. The Hall–Kier alpha value is -0.280. The van der Waals surface area contributed by atoms with Gasteiger partial charge < -0.3 is 10.4 Å². The van der Waals surface area contributed by atoms with Gasteiger partial charge in [0.1, 0.15) is 0 Å². The van der Waals surface area contributed by atoms with E-state index < -0.39 is 0 Å². The number of nitrogens with one attached hydrogen (secondary N) is 1. The molecule has 0 saturated heterocycles. The molecule has 0 saturated carbocycles. The molecule has 1 atom stereocenters. The molecule has 0 fully saturated rings. The molecule has 0 radical (unpaired) electrons. The lowest BCUT2D eigenvalue weighted by Crippen LogP contribution is -2.17. The standard InChI is InChI=1S/C12H17Cl2NO/c1-15-8-10(3-2-6-16)9-4-5-11(13)12(14)7-9/h4-5,7,10,15-16H,2-3,6,8H2,1H3. The number of halogens is 2. The van der Waals surface area contributed by atoms with Gasteiger partial charge in [0, 0.05) is 13.2 Å². The van der Waals surface area contributed by atoms with Crippen molar-refractivity contribution < 1.29 is 5.11 Å². The van der Waals surface area contributed by atoms with Gasteiger partial charge in [-0.3, -0.25) is 0 Å². The summed E-state index contributed by atoms with van der Waals surface area (Å²) >= 11 is 11.9. The van der Waals surface area contributed by atoms with Gasteiger partial charge in [-0.2, -0.15) is 0 Å². The summed E-state index contributed by atoms with van der Waals surface area (Å²) in [6.45, 7) is 1.10. The zero-order valence-electron chi connectivity index (χ0n) is 9.34. The Kier molecular flexibility index (Phi) is 6.14. The Labute approximate surface area is 107 Å². The van der Waals surface area contributed by atoms with Crippen molar-refractivity contribution in [2.75, 3.05) is 20.2 Å². The van der Waals surface area contributed by atoms with E-state index in [4.69, 9.17) is 28.3 Å². The predicted octanol–water partition coefficient (Wildman–Crippen LogP) is 3.07. The third kappa shape index (κ3) is 3.95. The molecule has 0 heterocycles. The second-order valence-corrected chi connectivity index (χ2v) is 4.61. The minimum Gasteiger partial charge on any atom is -0.396 e. The summed E-state index contributed by atoms with van der Waals surface area (Å²) in [6.07, 6.45) is 1.74. The molecule has 0 aromatic heterocycles. The van der Waals surface area contributed by atoms with E-state index in [1.54, 1.807) is 0 Å². The summed E-state index contributed by atoms with van der Waals surface area (Å²) in [4.78, 5) is 0. The van der Waals surface area contributed by atoms with E-state index in [1.165, 1.54) is 0 Å². The molecule has 0 bridgehead atoms. The highest BCUT2D eigenvalue weighted by molar-refractivity contribution is 6.42. The normalized spacial score (nSPS) is 12.8. The molecule has 0 spiro atoms. The fourth-order valence-corrected chi connectivity index (χ4v) is 2.04. The van der Waals surface area contributed by atoms with E-state index in [-0.39, 0.29) is 6.61 Å². The zero-order chi connectivity index (χ0) is 12.0. The molecule has 1 rings (SSSR count). The summed E-state index contributed by atoms with van der Waals surface area (Å²) in [6, 6.07) is 5.72. The number of hydrogen-bond acceptors (Lipinski definition) is 2. The molecule has 1 aromatic carbocycles. The first-order valence-corrected chi connectivity index (χ1v) is 6.15. The molecule has 0 aliphatic heterocycles. The van der Waals surface area contributed by atoms with E-state index in [2.05, 4.69) is 5.32 Å². The van der Waals surface area contributed by atoms with Crippen molar-refractivity contribution in [1.29, 1.82) is 0 Å². The molecule has 90 valence electrons. The maximum absolute atomic E-state index is 8.86. The van der Waals surface area contributed by atoms with Crippen LogP contribution in [0.1, 0.15) is 24.3 Å². The zero-order valence-corrected chi connectivity index (χ0v) is 10.9. The van der Waals surface area contributed by atoms with Gasteiger partial charge in [-0.1, -0.05) is 29.3 Å². The first-order valence-electron chi connectivity index (χ1n) is 5.39. The van der Waals surface area contributed by atoms with Gasteiger partial charge in [0.15, 0.2) is 0 Å². The first kappa shape index (κ1) is 13.8. The van der Waals surface area contributed by atoms with Gasteiger partial charge in [0.05, 0.1) is 10.0 Å². The fraction of sp³-hybridized carbons (Fsp3) is 0.500. The fourth-order valence-electron chi connectivity index (χ4n) is 1.74. The topological polar surface area (TPSA) is 32.3 Å². The van der Waals surface area contributed by atoms with E-state index >= 15 is 0 Å². The van der Waals surface area contributed by atoms with Crippen LogP contribution in [-0.2, 0) is 0 Å². The van der Waals surface area contributed by atoms with Crippen LogP contribution in [0.15, 0.2) is 18.2 Å². The highest BCUT2D eigenvalue weighted by Crippen LogP contribution is 2.28. The van der Waals surface area contributed by atoms with Crippen LogP contribution in [0.3, 0.4) is 0 Å². The second kappa shape index (κ2) is 7.13. The first-order chi connectivity index (χ1) is 7.69. The van der Waals surface area contributed by atoms with Gasteiger partial charge in [-0.05, 0) is 43.5 Å². The Bertz CT molecular complexity index is 331. The third-order valence-corrected chi connectivity index (χ3v) is 3.32. The lowest BCUT2D eigenvalue weighted by molar-refractivity contribution is 0.279. The predicted molar refractivity (Wildman–Crippen MR) is 69.4 cm³/mol. The van der Waals surface area contributed by atoms with Crippen molar-refractivity contribution in [2.45, 2.75) is 18.8 Å². The second-order valence-electron chi connectivity index (χ2n) is 3.79. The third-order valence-electron chi connectivity index (χ3n) is 2.58. The van der Waals surface area contributed by atoms with Gasteiger partial charge in [0.2, 0.25) is 0 Å². The maximum Gasteiger partial charge on any atom is 0.0595 e. The monoisotopic (exact) mass is 261 g/mol. The largest absolute Gasteiger partial charge is 0.396 e. The van der Waals surface area contributed by atoms with Gasteiger partial charge in [-0.25, -0.2) is 0 Å². The van der Waals surface area contributed by atoms with E-state index in [0.29, 0.717) is 16.0 Å². The van der Waals surface area contributed by atoms with Crippen LogP contribution >= 0.6 is 23.2 Å². The lowest BCUT2D eigenvalue weighted by Gasteiger charge is -2.17. The van der Waals surface area contributed by atoms with Crippen molar-refractivity contribution in [3.63, 3.8) is 0 Å². The molecule has 0 aliphatic rings. The average Bonchev–Trinajstić information content (AvgIpc) is 2.28. The molecule has 4 heteroatoms. The number of aliphatic hydroxyl groups is 1. The molecular formula is C12H17Cl2NO. The minimum absolute atomic E-state index is 0.224. The molecule has 0 aliphatic carbocycles. The summed E-state index contributed by atoms with van der Waals surface area (Å²) in [5.41, 5.74) is 1.16.